The lowest BCUT2D eigenvalue weighted by molar-refractivity contribution is 0.313. The van der Waals surface area contributed by atoms with Gasteiger partial charge in [0.15, 0.2) is 0 Å². The molecule has 112 valence electrons. The smallest absolute Gasteiger partial charge is 0.139 e. The monoisotopic (exact) mass is 292 g/mol. The fraction of sp³-hybridized carbons (Fsp3) is 0.333. The lowest BCUT2D eigenvalue weighted by atomic mass is 9.99. The van der Waals surface area contributed by atoms with Crippen LogP contribution in [-0.4, -0.2) is 29.2 Å². The van der Waals surface area contributed by atoms with Crippen LogP contribution in [0.3, 0.4) is 0 Å². The highest BCUT2D eigenvalue weighted by Crippen LogP contribution is 2.28. The molecule has 22 heavy (non-hydrogen) atoms. The van der Waals surface area contributed by atoms with Crippen molar-refractivity contribution in [2.24, 2.45) is 4.99 Å². The van der Waals surface area contributed by atoms with E-state index in [1.165, 1.54) is 16.7 Å². The van der Waals surface area contributed by atoms with Crippen LogP contribution in [0.5, 0.6) is 0 Å². The van der Waals surface area contributed by atoms with E-state index < -0.39 is 0 Å². The first kappa shape index (κ1) is 13.5. The maximum Gasteiger partial charge on any atom is 0.139 e. The maximum absolute atomic E-state index is 4.52. The third kappa shape index (κ3) is 2.29. The van der Waals surface area contributed by atoms with Crippen LogP contribution in [0, 0.1) is 0 Å². The predicted octanol–water partition coefficient (Wildman–Crippen LogP) is 3.14. The van der Waals surface area contributed by atoms with E-state index in [0.717, 1.165) is 48.8 Å². The minimum Gasteiger partial charge on any atom is -0.340 e. The van der Waals surface area contributed by atoms with Gasteiger partial charge < -0.3 is 10.2 Å². The molecule has 2 aliphatic rings. The number of nitrogens with zero attached hydrogens (tertiary/aromatic N) is 3. The molecule has 1 N–H and O–H groups in total. The quantitative estimate of drug-likeness (QED) is 0.924. The largest absolute Gasteiger partial charge is 0.340 e. The second kappa shape index (κ2) is 5.21. The Morgan fingerprint density at radius 3 is 2.95 bits per heavy atom. The number of fused-ring (bicyclic) bond motifs is 2. The summed E-state index contributed by atoms with van der Waals surface area (Å²) < 4.78 is 0. The molecule has 0 saturated carbocycles. The Morgan fingerprint density at radius 1 is 1.14 bits per heavy atom. The predicted molar refractivity (Wildman–Crippen MR) is 89.9 cm³/mol. The second-order valence-corrected chi connectivity index (χ2v) is 6.19. The zero-order valence-electron chi connectivity index (χ0n) is 13.1. The molecule has 0 atom stereocenters. The summed E-state index contributed by atoms with van der Waals surface area (Å²) in [4.78, 5) is 11.4. The van der Waals surface area contributed by atoms with E-state index in [9.17, 15) is 0 Å². The Labute approximate surface area is 130 Å². The van der Waals surface area contributed by atoms with Gasteiger partial charge in [0.1, 0.15) is 5.82 Å². The highest BCUT2D eigenvalue weighted by atomic mass is 15.1. The number of hydrogen-bond donors (Lipinski definition) is 1. The number of nitrogens with one attached hydrogen (secondary N) is 1. The van der Waals surface area contributed by atoms with Crippen LogP contribution in [0.1, 0.15) is 29.2 Å². The Bertz CT molecular complexity index is 764. The van der Waals surface area contributed by atoms with E-state index in [4.69, 9.17) is 0 Å². The molecule has 4 heteroatoms. The molecule has 0 aliphatic carbocycles. The molecule has 0 fully saturated rings. The van der Waals surface area contributed by atoms with Crippen molar-refractivity contribution < 1.29 is 0 Å². The zero-order chi connectivity index (χ0) is 15.1. The summed E-state index contributed by atoms with van der Waals surface area (Å²) in [6.45, 7) is 4.99. The molecule has 2 aromatic rings. The Hall–Kier alpha value is -2.20. The maximum atomic E-state index is 4.52. The highest BCUT2D eigenvalue weighted by Gasteiger charge is 2.18. The van der Waals surface area contributed by atoms with Crippen molar-refractivity contribution in [1.29, 1.82) is 0 Å². The van der Waals surface area contributed by atoms with E-state index in [0.29, 0.717) is 0 Å². The van der Waals surface area contributed by atoms with Crippen molar-refractivity contribution in [3.05, 3.63) is 52.7 Å². The molecular formula is C18H20N4. The Morgan fingerprint density at radius 2 is 2.05 bits per heavy atom. The van der Waals surface area contributed by atoms with Gasteiger partial charge in [-0.3, -0.25) is 4.99 Å². The molecular weight excluding hydrogens is 272 g/mol. The third-order valence-corrected chi connectivity index (χ3v) is 4.56. The first-order valence-electron chi connectivity index (χ1n) is 7.77. The SMILES string of the molecule is CC1=NCc2ccnc(Nc3ccc4c(c3)CN(C)CC4)c21. The molecule has 1 aromatic heterocycles. The minimum atomic E-state index is 0.771. The Kier molecular flexibility index (Phi) is 3.19. The van der Waals surface area contributed by atoms with Gasteiger partial charge in [0, 0.05) is 36.2 Å². The van der Waals surface area contributed by atoms with E-state index in [2.05, 4.69) is 58.4 Å². The van der Waals surface area contributed by atoms with Crippen LogP contribution in [0.25, 0.3) is 0 Å². The van der Waals surface area contributed by atoms with Crippen LogP contribution in [-0.2, 0) is 19.5 Å². The van der Waals surface area contributed by atoms with Crippen LogP contribution in [0.4, 0.5) is 11.5 Å². The van der Waals surface area contributed by atoms with Gasteiger partial charge in [0.2, 0.25) is 0 Å². The van der Waals surface area contributed by atoms with Gasteiger partial charge in [0.25, 0.3) is 0 Å². The van der Waals surface area contributed by atoms with Crippen molar-refractivity contribution in [3.63, 3.8) is 0 Å². The second-order valence-electron chi connectivity index (χ2n) is 6.19. The van der Waals surface area contributed by atoms with Gasteiger partial charge in [0.05, 0.1) is 6.54 Å². The normalized spacial score (nSPS) is 16.9. The van der Waals surface area contributed by atoms with Gasteiger partial charge in [-0.05, 0) is 55.3 Å². The number of rotatable bonds is 2. The fourth-order valence-electron chi connectivity index (χ4n) is 3.33. The molecule has 4 nitrogen and oxygen atoms in total. The molecule has 0 amide bonds. The van der Waals surface area contributed by atoms with Crippen molar-refractivity contribution in [2.45, 2.75) is 26.4 Å². The first-order chi connectivity index (χ1) is 10.7. The van der Waals surface area contributed by atoms with E-state index in [1.54, 1.807) is 0 Å². The lowest BCUT2D eigenvalue weighted by Gasteiger charge is -2.25. The van der Waals surface area contributed by atoms with Gasteiger partial charge >= 0.3 is 0 Å². The first-order valence-corrected chi connectivity index (χ1v) is 7.77. The van der Waals surface area contributed by atoms with E-state index in [1.807, 2.05) is 6.20 Å². The van der Waals surface area contributed by atoms with Crippen LogP contribution >= 0.6 is 0 Å². The number of pyridine rings is 1. The molecule has 4 rings (SSSR count). The number of likely N-dealkylation sites (N-methyl/N-ethyl adjacent to an activating group) is 1. The third-order valence-electron chi connectivity index (χ3n) is 4.56. The highest BCUT2D eigenvalue weighted by molar-refractivity contribution is 6.06. The molecule has 0 spiro atoms. The van der Waals surface area contributed by atoms with Crippen LogP contribution in [0.15, 0.2) is 35.5 Å². The van der Waals surface area contributed by atoms with Gasteiger partial charge in [-0.25, -0.2) is 4.98 Å². The molecule has 0 unspecified atom stereocenters. The zero-order valence-corrected chi connectivity index (χ0v) is 13.1. The number of aliphatic imine (C=N–C) groups is 1. The van der Waals surface area contributed by atoms with E-state index in [-0.39, 0.29) is 0 Å². The minimum absolute atomic E-state index is 0.771. The molecule has 0 radical (unpaired) electrons. The average Bonchev–Trinajstić information content (AvgIpc) is 2.89. The van der Waals surface area contributed by atoms with Crippen molar-refractivity contribution >= 4 is 17.2 Å². The number of aromatic nitrogens is 1. The summed E-state index contributed by atoms with van der Waals surface area (Å²) in [6, 6.07) is 8.72. The topological polar surface area (TPSA) is 40.5 Å². The van der Waals surface area contributed by atoms with Crippen molar-refractivity contribution in [3.8, 4) is 0 Å². The van der Waals surface area contributed by atoms with Gasteiger partial charge in [-0.1, -0.05) is 6.07 Å². The van der Waals surface area contributed by atoms with Gasteiger partial charge in [-0.2, -0.15) is 0 Å². The summed E-state index contributed by atoms with van der Waals surface area (Å²) in [7, 11) is 2.18. The van der Waals surface area contributed by atoms with E-state index >= 15 is 0 Å². The summed E-state index contributed by atoms with van der Waals surface area (Å²) in [5.74, 6) is 0.917. The number of hydrogen-bond acceptors (Lipinski definition) is 4. The fourth-order valence-corrected chi connectivity index (χ4v) is 3.33. The number of benzene rings is 1. The molecule has 0 bridgehead atoms. The van der Waals surface area contributed by atoms with Crippen molar-refractivity contribution in [2.75, 3.05) is 18.9 Å². The number of anilines is 2. The average molecular weight is 292 g/mol. The summed E-state index contributed by atoms with van der Waals surface area (Å²) in [5, 5.41) is 3.49. The Balaban J connectivity index is 1.67. The summed E-state index contributed by atoms with van der Waals surface area (Å²) in [6.07, 6.45) is 3.00. The summed E-state index contributed by atoms with van der Waals surface area (Å²) in [5.41, 5.74) is 7.48. The summed E-state index contributed by atoms with van der Waals surface area (Å²) >= 11 is 0. The lowest BCUT2D eigenvalue weighted by Crippen LogP contribution is -2.26. The van der Waals surface area contributed by atoms with Crippen LogP contribution < -0.4 is 5.32 Å². The molecule has 2 aliphatic heterocycles. The van der Waals surface area contributed by atoms with Crippen LogP contribution in [0.2, 0.25) is 0 Å². The standard InChI is InChI=1S/C18H20N4/c1-12-17-14(10-20-12)5-7-19-18(17)21-16-4-3-13-6-8-22(2)11-15(13)9-16/h3-5,7,9H,6,8,10-11H2,1-2H3,(H,19,21). The molecule has 1 aromatic carbocycles. The van der Waals surface area contributed by atoms with Crippen molar-refractivity contribution in [1.82, 2.24) is 9.88 Å². The molecule has 3 heterocycles. The molecule has 0 saturated heterocycles. The van der Waals surface area contributed by atoms with Gasteiger partial charge in [-0.15, -0.1) is 0 Å².